The maximum Gasteiger partial charge on any atom is 0.338 e. The molecule has 0 fully saturated rings. The molecule has 0 atom stereocenters. The van der Waals surface area contributed by atoms with Gasteiger partial charge >= 0.3 is 5.97 Å². The first-order valence-corrected chi connectivity index (χ1v) is 6.63. The highest BCUT2D eigenvalue weighted by Gasteiger charge is 2.04. The van der Waals surface area contributed by atoms with Crippen LogP contribution in [-0.4, -0.2) is 39.5 Å². The van der Waals surface area contributed by atoms with Crippen LogP contribution in [0.5, 0.6) is 0 Å². The second-order valence-electron chi connectivity index (χ2n) is 4.17. The summed E-state index contributed by atoms with van der Waals surface area (Å²) in [4.78, 5) is 11.6. The number of rotatable bonds is 10. The van der Waals surface area contributed by atoms with Crippen molar-refractivity contribution in [3.8, 4) is 0 Å². The van der Waals surface area contributed by atoms with E-state index in [0.717, 1.165) is 32.5 Å². The lowest BCUT2D eigenvalue weighted by Gasteiger charge is -2.06. The van der Waals surface area contributed by atoms with E-state index in [0.29, 0.717) is 18.8 Å². The SMILES string of the molecule is COCCCCOCCCOC(=O)c1ccccc1. The summed E-state index contributed by atoms with van der Waals surface area (Å²) in [7, 11) is 1.70. The predicted octanol–water partition coefficient (Wildman–Crippen LogP) is 2.68. The first kappa shape index (κ1) is 15.7. The van der Waals surface area contributed by atoms with E-state index >= 15 is 0 Å². The van der Waals surface area contributed by atoms with Crippen LogP contribution in [0.3, 0.4) is 0 Å². The third-order valence-corrected chi connectivity index (χ3v) is 2.56. The molecule has 0 heterocycles. The summed E-state index contributed by atoms with van der Waals surface area (Å²) in [6.07, 6.45) is 2.74. The molecule has 0 aliphatic rings. The van der Waals surface area contributed by atoms with Crippen molar-refractivity contribution in [2.45, 2.75) is 19.3 Å². The molecule has 0 N–H and O–H groups in total. The van der Waals surface area contributed by atoms with Crippen LogP contribution in [0.15, 0.2) is 30.3 Å². The highest BCUT2D eigenvalue weighted by atomic mass is 16.5. The first-order chi connectivity index (χ1) is 9.34. The van der Waals surface area contributed by atoms with Crippen LogP contribution < -0.4 is 0 Å². The van der Waals surface area contributed by atoms with E-state index in [1.54, 1.807) is 19.2 Å². The molecular formula is C15H22O4. The zero-order valence-electron chi connectivity index (χ0n) is 11.5. The number of methoxy groups -OCH3 is 1. The summed E-state index contributed by atoms with van der Waals surface area (Å²) in [5, 5.41) is 0. The Bertz CT molecular complexity index is 337. The van der Waals surface area contributed by atoms with E-state index in [-0.39, 0.29) is 5.97 Å². The normalized spacial score (nSPS) is 10.4. The van der Waals surface area contributed by atoms with Gasteiger partial charge in [0, 0.05) is 33.4 Å². The van der Waals surface area contributed by atoms with E-state index in [9.17, 15) is 4.79 Å². The average molecular weight is 266 g/mol. The number of hydrogen-bond acceptors (Lipinski definition) is 4. The Hall–Kier alpha value is -1.39. The maximum atomic E-state index is 11.6. The smallest absolute Gasteiger partial charge is 0.338 e. The molecule has 0 aromatic heterocycles. The topological polar surface area (TPSA) is 44.8 Å². The summed E-state index contributed by atoms with van der Waals surface area (Å²) >= 11 is 0. The summed E-state index contributed by atoms with van der Waals surface area (Å²) in [6, 6.07) is 9.00. The molecule has 1 rings (SSSR count). The molecule has 4 nitrogen and oxygen atoms in total. The number of carbonyl (C=O) groups excluding carboxylic acids is 1. The monoisotopic (exact) mass is 266 g/mol. The van der Waals surface area contributed by atoms with Crippen molar-refractivity contribution in [3.63, 3.8) is 0 Å². The lowest BCUT2D eigenvalue weighted by Crippen LogP contribution is -2.08. The van der Waals surface area contributed by atoms with Crippen molar-refractivity contribution in [1.82, 2.24) is 0 Å². The van der Waals surface area contributed by atoms with Gasteiger partial charge in [-0.1, -0.05) is 18.2 Å². The number of carbonyl (C=O) groups is 1. The quantitative estimate of drug-likeness (QED) is 0.482. The fourth-order valence-electron chi connectivity index (χ4n) is 1.54. The van der Waals surface area contributed by atoms with E-state index in [1.165, 1.54) is 0 Å². The van der Waals surface area contributed by atoms with Gasteiger partial charge in [0.15, 0.2) is 0 Å². The molecule has 0 spiro atoms. The molecule has 106 valence electrons. The van der Waals surface area contributed by atoms with Crippen LogP contribution in [-0.2, 0) is 14.2 Å². The average Bonchev–Trinajstić information content (AvgIpc) is 2.46. The van der Waals surface area contributed by atoms with Gasteiger partial charge in [-0.05, 0) is 25.0 Å². The highest BCUT2D eigenvalue weighted by Crippen LogP contribution is 2.01. The van der Waals surface area contributed by atoms with Crippen LogP contribution in [0, 0.1) is 0 Å². The zero-order valence-corrected chi connectivity index (χ0v) is 11.5. The minimum absolute atomic E-state index is 0.277. The molecule has 0 amide bonds. The lowest BCUT2D eigenvalue weighted by atomic mass is 10.2. The Morgan fingerprint density at radius 2 is 1.63 bits per heavy atom. The van der Waals surface area contributed by atoms with Gasteiger partial charge < -0.3 is 14.2 Å². The maximum absolute atomic E-state index is 11.6. The molecule has 0 saturated carbocycles. The van der Waals surface area contributed by atoms with Crippen LogP contribution in [0.4, 0.5) is 0 Å². The third-order valence-electron chi connectivity index (χ3n) is 2.56. The molecule has 1 aromatic carbocycles. The van der Waals surface area contributed by atoms with Gasteiger partial charge in [0.1, 0.15) is 0 Å². The summed E-state index contributed by atoms with van der Waals surface area (Å²) in [6.45, 7) is 2.52. The molecule has 4 heteroatoms. The van der Waals surface area contributed by atoms with E-state index in [4.69, 9.17) is 14.2 Å². The molecule has 0 aliphatic carbocycles. The number of unbranched alkanes of at least 4 members (excludes halogenated alkanes) is 1. The Kier molecular flexibility index (Phi) is 8.68. The van der Waals surface area contributed by atoms with Crippen molar-refractivity contribution >= 4 is 5.97 Å². The predicted molar refractivity (Wildman–Crippen MR) is 73.3 cm³/mol. The Morgan fingerprint density at radius 3 is 2.37 bits per heavy atom. The molecule has 1 aromatic rings. The van der Waals surface area contributed by atoms with Crippen molar-refractivity contribution in [3.05, 3.63) is 35.9 Å². The minimum Gasteiger partial charge on any atom is -0.462 e. The highest BCUT2D eigenvalue weighted by molar-refractivity contribution is 5.89. The van der Waals surface area contributed by atoms with Crippen LogP contribution >= 0.6 is 0 Å². The first-order valence-electron chi connectivity index (χ1n) is 6.63. The molecule has 0 unspecified atom stereocenters. The Morgan fingerprint density at radius 1 is 0.947 bits per heavy atom. The van der Waals surface area contributed by atoms with Gasteiger partial charge in [-0.2, -0.15) is 0 Å². The summed E-state index contributed by atoms with van der Waals surface area (Å²) in [5.74, 6) is -0.277. The van der Waals surface area contributed by atoms with E-state index < -0.39 is 0 Å². The van der Waals surface area contributed by atoms with E-state index in [1.807, 2.05) is 18.2 Å². The van der Waals surface area contributed by atoms with Gasteiger partial charge in [0.2, 0.25) is 0 Å². The second kappa shape index (κ2) is 10.5. The molecule has 0 aliphatic heterocycles. The van der Waals surface area contributed by atoms with Crippen LogP contribution in [0.1, 0.15) is 29.6 Å². The van der Waals surface area contributed by atoms with Gasteiger partial charge in [-0.25, -0.2) is 4.79 Å². The van der Waals surface area contributed by atoms with Crippen LogP contribution in [0.25, 0.3) is 0 Å². The lowest BCUT2D eigenvalue weighted by molar-refractivity contribution is 0.0441. The van der Waals surface area contributed by atoms with Gasteiger partial charge in [-0.3, -0.25) is 0 Å². The zero-order chi connectivity index (χ0) is 13.8. The standard InChI is InChI=1S/C15H22O4/c1-17-10-5-6-11-18-12-7-13-19-15(16)14-8-3-2-4-9-14/h2-4,8-9H,5-7,10-13H2,1H3. The Labute approximate surface area is 114 Å². The second-order valence-corrected chi connectivity index (χ2v) is 4.17. The fourth-order valence-corrected chi connectivity index (χ4v) is 1.54. The minimum atomic E-state index is -0.277. The fraction of sp³-hybridized carbons (Fsp3) is 0.533. The molecular weight excluding hydrogens is 244 g/mol. The Balaban J connectivity index is 1.95. The number of ether oxygens (including phenoxy) is 3. The van der Waals surface area contributed by atoms with Gasteiger partial charge in [-0.15, -0.1) is 0 Å². The van der Waals surface area contributed by atoms with E-state index in [2.05, 4.69) is 0 Å². The van der Waals surface area contributed by atoms with Crippen LogP contribution in [0.2, 0.25) is 0 Å². The number of benzene rings is 1. The van der Waals surface area contributed by atoms with Crippen molar-refractivity contribution in [2.24, 2.45) is 0 Å². The molecule has 19 heavy (non-hydrogen) atoms. The van der Waals surface area contributed by atoms with Gasteiger partial charge in [0.25, 0.3) is 0 Å². The molecule has 0 saturated heterocycles. The number of esters is 1. The largest absolute Gasteiger partial charge is 0.462 e. The molecule has 0 radical (unpaired) electrons. The summed E-state index contributed by atoms with van der Waals surface area (Å²) in [5.41, 5.74) is 0.586. The van der Waals surface area contributed by atoms with Gasteiger partial charge in [0.05, 0.1) is 12.2 Å². The third kappa shape index (κ3) is 7.59. The molecule has 0 bridgehead atoms. The van der Waals surface area contributed by atoms with Crippen molar-refractivity contribution in [2.75, 3.05) is 33.5 Å². The summed E-state index contributed by atoms with van der Waals surface area (Å²) < 4.78 is 15.5. The van der Waals surface area contributed by atoms with Crippen molar-refractivity contribution in [1.29, 1.82) is 0 Å². The number of hydrogen-bond donors (Lipinski definition) is 0. The van der Waals surface area contributed by atoms with Crippen molar-refractivity contribution < 1.29 is 19.0 Å².